The van der Waals surface area contributed by atoms with Crippen LogP contribution in [0.2, 0.25) is 0 Å². The fourth-order valence-corrected chi connectivity index (χ4v) is 2.85. The molecule has 132 valence electrons. The molecule has 4 aromatic heterocycles. The third-order valence-corrected chi connectivity index (χ3v) is 4.14. The number of nitrogens with zero attached hydrogens (tertiary/aromatic N) is 8. The van der Waals surface area contributed by atoms with Gasteiger partial charge < -0.3 is 5.32 Å². The number of aromatic nitrogens is 9. The van der Waals surface area contributed by atoms with Crippen LogP contribution in [0.5, 0.6) is 0 Å². The normalized spacial score (nSPS) is 11.1. The number of tetrazole rings is 1. The lowest BCUT2D eigenvalue weighted by molar-refractivity contribution is 0.630. The Labute approximate surface area is 152 Å². The molecule has 0 atom stereocenters. The van der Waals surface area contributed by atoms with Crippen molar-refractivity contribution in [2.45, 2.75) is 0 Å². The van der Waals surface area contributed by atoms with E-state index in [0.29, 0.717) is 11.6 Å². The van der Waals surface area contributed by atoms with E-state index < -0.39 is 0 Å². The molecular weight excluding hydrogens is 344 g/mol. The number of nitrogens with one attached hydrogen (secondary N) is 2. The molecule has 0 fully saturated rings. The zero-order chi connectivity index (χ0) is 18.2. The molecule has 5 aromatic rings. The van der Waals surface area contributed by atoms with Gasteiger partial charge in [-0.1, -0.05) is 0 Å². The Morgan fingerprint density at radius 3 is 2.67 bits per heavy atom. The van der Waals surface area contributed by atoms with Crippen molar-refractivity contribution in [3.8, 4) is 22.6 Å². The number of aryl methyl sites for hydroxylation is 1. The lowest BCUT2D eigenvalue weighted by Crippen LogP contribution is -2.00. The topological polar surface area (TPSA) is 114 Å². The van der Waals surface area contributed by atoms with Gasteiger partial charge in [0, 0.05) is 35.4 Å². The first-order valence-corrected chi connectivity index (χ1v) is 8.20. The highest BCUT2D eigenvalue weighted by atomic mass is 15.6. The van der Waals surface area contributed by atoms with E-state index >= 15 is 0 Å². The van der Waals surface area contributed by atoms with E-state index in [9.17, 15) is 0 Å². The van der Waals surface area contributed by atoms with Crippen LogP contribution in [0.3, 0.4) is 0 Å². The number of fused-ring (bicyclic) bond motifs is 1. The monoisotopic (exact) mass is 358 g/mol. The molecule has 0 amide bonds. The van der Waals surface area contributed by atoms with Gasteiger partial charge in [-0.25, -0.2) is 9.97 Å². The fraction of sp³-hybridized carbons (Fsp3) is 0.0588. The Morgan fingerprint density at radius 2 is 1.93 bits per heavy atom. The third-order valence-electron chi connectivity index (χ3n) is 4.14. The van der Waals surface area contributed by atoms with E-state index in [2.05, 4.69) is 40.9 Å². The average molecular weight is 358 g/mol. The maximum atomic E-state index is 4.54. The zero-order valence-corrected chi connectivity index (χ0v) is 14.3. The van der Waals surface area contributed by atoms with Crippen LogP contribution in [-0.4, -0.2) is 44.8 Å². The number of rotatable bonds is 4. The summed E-state index contributed by atoms with van der Waals surface area (Å²) in [6.45, 7) is 0. The lowest BCUT2D eigenvalue weighted by Gasteiger charge is -2.09. The van der Waals surface area contributed by atoms with Gasteiger partial charge >= 0.3 is 0 Å². The molecule has 2 N–H and O–H groups in total. The number of hydrogen-bond donors (Lipinski definition) is 2. The van der Waals surface area contributed by atoms with Crippen LogP contribution >= 0.6 is 0 Å². The molecule has 10 nitrogen and oxygen atoms in total. The summed E-state index contributed by atoms with van der Waals surface area (Å²) >= 11 is 0. The molecule has 0 saturated carbocycles. The van der Waals surface area contributed by atoms with Crippen LogP contribution in [0.25, 0.3) is 28.3 Å². The fourth-order valence-electron chi connectivity index (χ4n) is 2.85. The molecule has 0 aliphatic carbocycles. The van der Waals surface area contributed by atoms with Gasteiger partial charge in [0.1, 0.15) is 0 Å². The summed E-state index contributed by atoms with van der Waals surface area (Å²) in [5, 5.41) is 22.2. The first-order valence-electron chi connectivity index (χ1n) is 8.20. The van der Waals surface area contributed by atoms with Crippen LogP contribution in [0.15, 0.2) is 55.2 Å². The highest BCUT2D eigenvalue weighted by Crippen LogP contribution is 2.25. The van der Waals surface area contributed by atoms with Crippen LogP contribution in [-0.2, 0) is 7.05 Å². The van der Waals surface area contributed by atoms with Gasteiger partial charge in [0.25, 0.3) is 0 Å². The number of anilines is 2. The summed E-state index contributed by atoms with van der Waals surface area (Å²) in [4.78, 5) is 10.4. The van der Waals surface area contributed by atoms with Gasteiger partial charge in [0.15, 0.2) is 11.5 Å². The van der Waals surface area contributed by atoms with Crippen molar-refractivity contribution in [3.05, 3.63) is 55.2 Å². The highest BCUT2D eigenvalue weighted by molar-refractivity contribution is 5.74. The summed E-state index contributed by atoms with van der Waals surface area (Å²) in [5.41, 5.74) is 4.36. The molecule has 0 saturated heterocycles. The summed E-state index contributed by atoms with van der Waals surface area (Å²) in [7, 11) is 1.74. The van der Waals surface area contributed by atoms with Gasteiger partial charge in [-0.05, 0) is 29.5 Å². The average Bonchev–Trinajstić information content (AvgIpc) is 3.44. The molecule has 5 rings (SSSR count). The smallest absolute Gasteiger partial charge is 0.204 e. The Morgan fingerprint density at radius 1 is 1.04 bits per heavy atom. The van der Waals surface area contributed by atoms with Crippen LogP contribution in [0.4, 0.5) is 11.5 Å². The van der Waals surface area contributed by atoms with Crippen LogP contribution in [0.1, 0.15) is 0 Å². The van der Waals surface area contributed by atoms with Gasteiger partial charge in [-0.3, -0.25) is 9.50 Å². The molecule has 0 radical (unpaired) electrons. The van der Waals surface area contributed by atoms with Crippen molar-refractivity contribution in [2.24, 2.45) is 7.05 Å². The lowest BCUT2D eigenvalue weighted by atomic mass is 10.2. The Kier molecular flexibility index (Phi) is 3.39. The highest BCUT2D eigenvalue weighted by Gasteiger charge is 2.11. The van der Waals surface area contributed by atoms with E-state index in [4.69, 9.17) is 0 Å². The molecule has 1 aromatic carbocycles. The molecule has 0 spiro atoms. The van der Waals surface area contributed by atoms with Crippen molar-refractivity contribution in [2.75, 3.05) is 5.32 Å². The maximum absolute atomic E-state index is 4.54. The summed E-state index contributed by atoms with van der Waals surface area (Å²) in [6, 6.07) is 7.75. The van der Waals surface area contributed by atoms with Crippen molar-refractivity contribution >= 4 is 17.2 Å². The first-order chi connectivity index (χ1) is 13.3. The van der Waals surface area contributed by atoms with E-state index in [1.54, 1.807) is 25.6 Å². The van der Waals surface area contributed by atoms with Crippen molar-refractivity contribution in [1.82, 2.24) is 44.8 Å². The van der Waals surface area contributed by atoms with Gasteiger partial charge in [-0.2, -0.15) is 9.90 Å². The van der Waals surface area contributed by atoms with Crippen molar-refractivity contribution < 1.29 is 0 Å². The summed E-state index contributed by atoms with van der Waals surface area (Å²) in [5.74, 6) is 1.25. The van der Waals surface area contributed by atoms with E-state index in [1.807, 2.05) is 41.1 Å². The van der Waals surface area contributed by atoms with Crippen molar-refractivity contribution in [1.29, 1.82) is 0 Å². The molecule has 0 bridgehead atoms. The second-order valence-electron chi connectivity index (χ2n) is 5.90. The molecule has 0 aliphatic rings. The number of benzene rings is 1. The second-order valence-corrected chi connectivity index (χ2v) is 5.90. The molecule has 0 unspecified atom stereocenters. The quantitative estimate of drug-likeness (QED) is 0.505. The van der Waals surface area contributed by atoms with E-state index in [1.165, 1.54) is 4.80 Å². The zero-order valence-electron chi connectivity index (χ0n) is 14.3. The SMILES string of the molecule is Cn1nnc(-c2ccc(Nc3ncc(-c4cn[nH]c4)n4ccnc34)cc2)n1. The van der Waals surface area contributed by atoms with Crippen LogP contribution < -0.4 is 5.32 Å². The molecule has 0 aliphatic heterocycles. The number of H-pyrrole nitrogens is 1. The number of imidazole rings is 1. The minimum absolute atomic E-state index is 0.585. The van der Waals surface area contributed by atoms with E-state index in [0.717, 1.165) is 28.2 Å². The van der Waals surface area contributed by atoms with Gasteiger partial charge in [0.05, 0.1) is 25.1 Å². The van der Waals surface area contributed by atoms with Crippen LogP contribution in [0, 0.1) is 0 Å². The largest absolute Gasteiger partial charge is 0.337 e. The predicted octanol–water partition coefficient (Wildman–Crippen LogP) is 2.05. The Balaban J connectivity index is 1.47. The maximum Gasteiger partial charge on any atom is 0.204 e. The molecule has 10 heteroatoms. The predicted molar refractivity (Wildman–Crippen MR) is 98.1 cm³/mol. The molecule has 27 heavy (non-hydrogen) atoms. The van der Waals surface area contributed by atoms with Gasteiger partial charge in [-0.15, -0.1) is 10.2 Å². The summed E-state index contributed by atoms with van der Waals surface area (Å²) in [6.07, 6.45) is 9.01. The number of aromatic amines is 1. The standard InChI is InChI=1S/C17H14N10/c1-26-24-15(23-25-26)11-2-4-13(5-3-11)22-16-17-18-6-7-27(17)14(10-19-16)12-8-20-21-9-12/h2-10H,1H3,(H,19,22)(H,20,21). The first kappa shape index (κ1) is 15.2. The minimum Gasteiger partial charge on any atom is -0.337 e. The molecular formula is C17H14N10. The Bertz CT molecular complexity index is 1200. The number of hydrogen-bond acceptors (Lipinski definition) is 7. The Hall–Kier alpha value is -4.08. The van der Waals surface area contributed by atoms with E-state index in [-0.39, 0.29) is 0 Å². The molecule has 4 heterocycles. The minimum atomic E-state index is 0.585. The van der Waals surface area contributed by atoms with Gasteiger partial charge in [0.2, 0.25) is 5.82 Å². The third kappa shape index (κ3) is 2.68. The second kappa shape index (κ2) is 6.02. The van der Waals surface area contributed by atoms with Crippen molar-refractivity contribution in [3.63, 3.8) is 0 Å². The summed E-state index contributed by atoms with van der Waals surface area (Å²) < 4.78 is 1.97.